The van der Waals surface area contributed by atoms with E-state index in [2.05, 4.69) is 52.6 Å². The van der Waals surface area contributed by atoms with Crippen molar-refractivity contribution < 1.29 is 0 Å². The molecule has 3 rings (SSSR count). The van der Waals surface area contributed by atoms with Crippen LogP contribution in [0, 0.1) is 0 Å². The first kappa shape index (κ1) is 8.14. The van der Waals surface area contributed by atoms with E-state index in [4.69, 9.17) is 0 Å². The minimum absolute atomic E-state index is 1.15. The van der Waals surface area contributed by atoms with E-state index in [1.54, 1.807) is 0 Å². The summed E-state index contributed by atoms with van der Waals surface area (Å²) in [7, 11) is 0. The van der Waals surface area contributed by atoms with Crippen molar-refractivity contribution in [2.45, 2.75) is 0 Å². The van der Waals surface area contributed by atoms with Gasteiger partial charge >= 0.3 is 0 Å². The molecule has 0 aliphatic carbocycles. The van der Waals surface area contributed by atoms with Crippen molar-refractivity contribution in [3.8, 4) is 11.1 Å². The summed E-state index contributed by atoms with van der Waals surface area (Å²) >= 11 is 0. The summed E-state index contributed by atoms with van der Waals surface area (Å²) in [5.74, 6) is 0. The Bertz CT molecular complexity index is 556. The number of nitrogens with zero attached hydrogens (tertiary/aromatic N) is 1. The Balaban J connectivity index is 2.13. The third-order valence-electron chi connectivity index (χ3n) is 2.49. The molecule has 1 nitrogen and oxygen atoms in total. The van der Waals surface area contributed by atoms with Gasteiger partial charge in [-0.15, -0.1) is 0 Å². The molecule has 1 aromatic carbocycles. The lowest BCUT2D eigenvalue weighted by molar-refractivity contribution is 1.15. The molecule has 0 unspecified atom stereocenters. The van der Waals surface area contributed by atoms with Gasteiger partial charge < -0.3 is 4.57 Å². The molecule has 0 atom stereocenters. The van der Waals surface area contributed by atoms with Crippen LogP contribution in [0.5, 0.6) is 0 Å². The van der Waals surface area contributed by atoms with Gasteiger partial charge in [-0.05, 0) is 11.6 Å². The summed E-state index contributed by atoms with van der Waals surface area (Å²) in [6, 6.07) is 12.5. The Morgan fingerprint density at radius 1 is 0.933 bits per heavy atom. The van der Waals surface area contributed by atoms with Gasteiger partial charge in [-0.1, -0.05) is 41.8 Å². The largest absolute Gasteiger partial charge is 0.315 e. The first-order valence-corrected chi connectivity index (χ1v) is 4.88. The van der Waals surface area contributed by atoms with Gasteiger partial charge in [-0.3, -0.25) is 0 Å². The fourth-order valence-corrected chi connectivity index (χ4v) is 1.73. The normalized spacial score (nSPS) is 11.7. The second kappa shape index (κ2) is 3.18. The lowest BCUT2D eigenvalue weighted by Crippen LogP contribution is -1.85. The van der Waals surface area contributed by atoms with Gasteiger partial charge in [0.25, 0.3) is 0 Å². The van der Waals surface area contributed by atoms with Gasteiger partial charge in [0, 0.05) is 17.8 Å². The fraction of sp³-hybridized carbons (Fsp3) is 0. The Morgan fingerprint density at radius 3 is 2.60 bits per heavy atom. The summed E-state index contributed by atoms with van der Waals surface area (Å²) < 4.78 is 2.05. The van der Waals surface area contributed by atoms with Gasteiger partial charge in [0.2, 0.25) is 0 Å². The molecule has 15 heavy (non-hydrogen) atoms. The van der Waals surface area contributed by atoms with Crippen LogP contribution in [-0.4, -0.2) is 4.57 Å². The van der Waals surface area contributed by atoms with Gasteiger partial charge in [-0.25, -0.2) is 0 Å². The lowest BCUT2D eigenvalue weighted by Gasteiger charge is -1.96. The highest BCUT2D eigenvalue weighted by Gasteiger charge is 2.04. The van der Waals surface area contributed by atoms with E-state index >= 15 is 0 Å². The van der Waals surface area contributed by atoms with E-state index in [9.17, 15) is 0 Å². The van der Waals surface area contributed by atoms with Crippen LogP contribution in [0.15, 0.2) is 54.1 Å². The van der Waals surface area contributed by atoms with E-state index in [1.165, 1.54) is 11.1 Å². The summed E-state index contributed by atoms with van der Waals surface area (Å²) in [6.07, 6.45) is 5.93. The van der Waals surface area contributed by atoms with Crippen LogP contribution < -0.4 is 0 Å². The fourth-order valence-electron chi connectivity index (χ4n) is 1.73. The van der Waals surface area contributed by atoms with Crippen molar-refractivity contribution >= 4 is 12.3 Å². The first-order chi connectivity index (χ1) is 7.43. The van der Waals surface area contributed by atoms with Crippen LogP contribution >= 0.6 is 0 Å². The molecule has 2 heterocycles. The average Bonchev–Trinajstić information content (AvgIpc) is 2.74. The third kappa shape index (κ3) is 1.37. The summed E-state index contributed by atoms with van der Waals surface area (Å²) in [5.41, 5.74) is 9.50. The van der Waals surface area contributed by atoms with Crippen molar-refractivity contribution in [2.24, 2.45) is 0 Å². The zero-order chi connectivity index (χ0) is 10.1. The minimum atomic E-state index is 1.15. The van der Waals surface area contributed by atoms with Crippen LogP contribution in [0.1, 0.15) is 5.69 Å². The molecule has 0 saturated heterocycles. The standard InChI is InChI=1S/C14H9N/c1-2-6-12(7-3-1)13-10-14-8-4-5-9-15(14)11-13/h1-3,6-11H. The van der Waals surface area contributed by atoms with Crippen molar-refractivity contribution in [3.05, 3.63) is 59.8 Å². The van der Waals surface area contributed by atoms with Crippen molar-refractivity contribution in [1.29, 1.82) is 0 Å². The highest BCUT2D eigenvalue weighted by molar-refractivity contribution is 5.69. The maximum Gasteiger partial charge on any atom is 0.0596 e. The average molecular weight is 191 g/mol. The maximum absolute atomic E-state index is 2.95. The summed E-state index contributed by atoms with van der Waals surface area (Å²) in [4.78, 5) is 0. The molecule has 0 spiro atoms. The molecule has 1 aromatic heterocycles. The number of fused-ring (bicyclic) bond motifs is 1. The molecule has 0 fully saturated rings. The van der Waals surface area contributed by atoms with Gasteiger partial charge in [-0.2, -0.15) is 0 Å². The number of rotatable bonds is 1. The molecule has 2 aromatic rings. The van der Waals surface area contributed by atoms with Gasteiger partial charge in [0.1, 0.15) is 0 Å². The molecule has 1 heteroatoms. The van der Waals surface area contributed by atoms with Crippen LogP contribution in [0.3, 0.4) is 0 Å². The Labute approximate surface area is 88.3 Å². The Hall–Kier alpha value is -2.20. The number of aromatic nitrogens is 1. The highest BCUT2D eigenvalue weighted by atomic mass is 14.9. The molecular weight excluding hydrogens is 182 g/mol. The van der Waals surface area contributed by atoms with Crippen LogP contribution in [0.25, 0.3) is 23.4 Å². The number of hydrogen-bond acceptors (Lipinski definition) is 0. The Morgan fingerprint density at radius 2 is 1.80 bits per heavy atom. The van der Waals surface area contributed by atoms with Gasteiger partial charge in [0.05, 0.1) is 11.9 Å². The van der Waals surface area contributed by atoms with Crippen molar-refractivity contribution in [2.75, 3.05) is 0 Å². The molecule has 0 amide bonds. The molecule has 0 bridgehead atoms. The second-order valence-electron chi connectivity index (χ2n) is 3.49. The van der Waals surface area contributed by atoms with E-state index in [0.29, 0.717) is 0 Å². The summed E-state index contributed by atoms with van der Waals surface area (Å²) in [5, 5.41) is 0. The van der Waals surface area contributed by atoms with E-state index in [1.807, 2.05) is 18.3 Å². The zero-order valence-corrected chi connectivity index (χ0v) is 8.14. The maximum atomic E-state index is 2.95. The summed E-state index contributed by atoms with van der Waals surface area (Å²) in [6.45, 7) is 0. The smallest absolute Gasteiger partial charge is 0.0596 e. The topological polar surface area (TPSA) is 4.93 Å². The number of benzene rings is 1. The molecule has 0 saturated carbocycles. The molecule has 0 radical (unpaired) electrons. The lowest BCUT2D eigenvalue weighted by atomic mass is 10.1. The van der Waals surface area contributed by atoms with Crippen molar-refractivity contribution in [1.82, 2.24) is 4.57 Å². The third-order valence-corrected chi connectivity index (χ3v) is 2.49. The van der Waals surface area contributed by atoms with Crippen LogP contribution in [0.2, 0.25) is 0 Å². The molecule has 70 valence electrons. The predicted molar refractivity (Wildman–Crippen MR) is 62.1 cm³/mol. The molecule has 1 aliphatic rings. The zero-order valence-electron chi connectivity index (χ0n) is 8.14. The van der Waals surface area contributed by atoms with Gasteiger partial charge in [0.15, 0.2) is 0 Å². The first-order valence-electron chi connectivity index (χ1n) is 4.88. The van der Waals surface area contributed by atoms with E-state index in [-0.39, 0.29) is 0 Å². The molecule has 0 N–H and O–H groups in total. The SMILES string of the molecule is C1=C=Cn2cc(-c3ccccc3)cc2C=1. The monoisotopic (exact) mass is 191 g/mol. The highest BCUT2D eigenvalue weighted by Crippen LogP contribution is 2.23. The minimum Gasteiger partial charge on any atom is -0.315 e. The quantitative estimate of drug-likeness (QED) is 0.519. The predicted octanol–water partition coefficient (Wildman–Crippen LogP) is 3.41. The molecular formula is C14H9N. The second-order valence-corrected chi connectivity index (χ2v) is 3.49. The van der Waals surface area contributed by atoms with Crippen LogP contribution in [0.4, 0.5) is 0 Å². The Kier molecular flexibility index (Phi) is 1.73. The number of hydrogen-bond donors (Lipinski definition) is 0. The van der Waals surface area contributed by atoms with E-state index < -0.39 is 0 Å². The molecule has 1 aliphatic heterocycles. The van der Waals surface area contributed by atoms with Crippen molar-refractivity contribution in [3.63, 3.8) is 0 Å². The van der Waals surface area contributed by atoms with Crippen LogP contribution in [-0.2, 0) is 0 Å². The van der Waals surface area contributed by atoms with E-state index in [0.717, 1.165) is 5.69 Å².